The van der Waals surface area contributed by atoms with Gasteiger partial charge in [0, 0.05) is 19.6 Å². The van der Waals surface area contributed by atoms with Gasteiger partial charge < -0.3 is 74.8 Å². The van der Waals surface area contributed by atoms with Gasteiger partial charge in [0.1, 0.15) is 61.0 Å². The van der Waals surface area contributed by atoms with Crippen LogP contribution in [0, 0.1) is 0 Å². The summed E-state index contributed by atoms with van der Waals surface area (Å²) in [6, 6.07) is 6.55. The Morgan fingerprint density at radius 2 is 1.41 bits per heavy atom. The van der Waals surface area contributed by atoms with E-state index in [9.17, 15) is 45.3 Å². The molecule has 3 saturated heterocycles. The quantitative estimate of drug-likeness (QED) is 0.0629. The van der Waals surface area contributed by atoms with Crippen LogP contribution in [0.25, 0.3) is 6.08 Å². The summed E-state index contributed by atoms with van der Waals surface area (Å²) in [7, 11) is 0. The zero-order valence-electron chi connectivity index (χ0n) is 31.0. The third-order valence-electron chi connectivity index (χ3n) is 9.78. The Balaban J connectivity index is 1.51. The Hall–Kier alpha value is -2.62. The summed E-state index contributed by atoms with van der Waals surface area (Å²) in [5, 5.41) is 80.1. The number of aliphatic hydroxyl groups is 7. The second kappa shape index (κ2) is 21.6. The van der Waals surface area contributed by atoms with Gasteiger partial charge in [-0.25, -0.2) is 0 Å². The molecule has 54 heavy (non-hydrogen) atoms. The van der Waals surface area contributed by atoms with Crippen LogP contribution in [0.3, 0.4) is 0 Å². The lowest BCUT2D eigenvalue weighted by atomic mass is 9.94. The van der Waals surface area contributed by atoms with E-state index < -0.39 is 117 Å². The molecule has 1 aromatic rings. The van der Waals surface area contributed by atoms with Crippen molar-refractivity contribution in [3.8, 4) is 0 Å². The minimum absolute atomic E-state index is 0.246. The van der Waals surface area contributed by atoms with Crippen molar-refractivity contribution in [2.45, 2.75) is 151 Å². The first-order valence-electron chi connectivity index (χ1n) is 18.7. The number of ether oxygens (including phenoxy) is 6. The Kier molecular flexibility index (Phi) is 17.7. The molecule has 0 spiro atoms. The molecule has 306 valence electrons. The van der Waals surface area contributed by atoms with Crippen LogP contribution >= 0.6 is 0 Å². The standard InChI is InChI=1S/C37H58N2O15/c1-4-5-6-7-8-12-17-49-36-33(48)32(47)29(44)24(53-36)19-50-37-34(54-35-27(38-21(3)41)30(45)28(43)23(18-40)52-35)31(46)26(20(2)51-37)39-25(42)16-15-22-13-10-9-11-14-22/h9-11,13-16,20,23-24,26-37,40,43-48H,4-8,12,17-19H2,1-3H3,(H,38,41)(H,39,42)/b16-15+/t20-,23+,24+,26-,27+,28+,29+,30+,31+,32-,33+,34+,35-,36+,37+/m0/s1. The van der Waals surface area contributed by atoms with Crippen LogP contribution in [0.5, 0.6) is 0 Å². The van der Waals surface area contributed by atoms with E-state index in [1.807, 2.05) is 18.2 Å². The second-order valence-corrected chi connectivity index (χ2v) is 14.0. The van der Waals surface area contributed by atoms with E-state index in [2.05, 4.69) is 17.6 Å². The number of benzene rings is 1. The third kappa shape index (κ3) is 11.9. The number of rotatable bonds is 18. The van der Waals surface area contributed by atoms with Crippen molar-refractivity contribution in [3.05, 3.63) is 42.0 Å². The van der Waals surface area contributed by atoms with Gasteiger partial charge in [-0.15, -0.1) is 0 Å². The third-order valence-corrected chi connectivity index (χ3v) is 9.78. The Labute approximate surface area is 315 Å². The van der Waals surface area contributed by atoms with Crippen molar-refractivity contribution in [2.24, 2.45) is 0 Å². The van der Waals surface area contributed by atoms with E-state index in [4.69, 9.17) is 28.4 Å². The predicted molar refractivity (Wildman–Crippen MR) is 190 cm³/mol. The fourth-order valence-corrected chi connectivity index (χ4v) is 6.65. The van der Waals surface area contributed by atoms with Gasteiger partial charge in [0.05, 0.1) is 25.4 Å². The Morgan fingerprint density at radius 3 is 2.09 bits per heavy atom. The minimum atomic E-state index is -1.67. The fraction of sp³-hybridized carbons (Fsp3) is 0.730. The van der Waals surface area contributed by atoms with Gasteiger partial charge in [-0.2, -0.15) is 0 Å². The van der Waals surface area contributed by atoms with Gasteiger partial charge in [-0.3, -0.25) is 9.59 Å². The SMILES string of the molecule is CCCCCCCCO[C@@H]1O[C@H](CO[C@@H]2O[C@@H](C)[C@H](NC(=O)/C=C/c3ccccc3)[C@@H](O)[C@H]2O[C@@H]2O[C@H](CO)[C@@H](O)[C@H](O)[C@H]2NC(C)=O)[C@@H](O)[C@H](O)[C@H]1O. The summed E-state index contributed by atoms with van der Waals surface area (Å²) < 4.78 is 35.5. The van der Waals surface area contributed by atoms with Crippen molar-refractivity contribution in [1.29, 1.82) is 0 Å². The largest absolute Gasteiger partial charge is 0.394 e. The summed E-state index contributed by atoms with van der Waals surface area (Å²) in [5.41, 5.74) is 0.758. The molecule has 3 heterocycles. The molecule has 0 unspecified atom stereocenters. The lowest BCUT2D eigenvalue weighted by Crippen LogP contribution is -2.69. The molecular weight excluding hydrogens is 712 g/mol. The van der Waals surface area contributed by atoms with E-state index in [-0.39, 0.29) is 6.61 Å². The number of hydrogen-bond acceptors (Lipinski definition) is 15. The molecule has 4 rings (SSSR count). The average Bonchev–Trinajstić information content (AvgIpc) is 3.15. The molecule has 3 aliphatic rings. The maximum absolute atomic E-state index is 13.0. The summed E-state index contributed by atoms with van der Waals surface area (Å²) in [4.78, 5) is 25.1. The zero-order chi connectivity index (χ0) is 39.4. The molecule has 1 aromatic carbocycles. The van der Waals surface area contributed by atoms with Gasteiger partial charge in [0.25, 0.3) is 0 Å². The number of carbonyl (C=O) groups excluding carboxylic acids is 2. The van der Waals surface area contributed by atoms with E-state index >= 15 is 0 Å². The van der Waals surface area contributed by atoms with Gasteiger partial charge in [-0.05, 0) is 25.0 Å². The number of hydrogen-bond donors (Lipinski definition) is 9. The van der Waals surface area contributed by atoms with Crippen LogP contribution in [0.2, 0.25) is 0 Å². The van der Waals surface area contributed by atoms with Crippen molar-refractivity contribution >= 4 is 17.9 Å². The van der Waals surface area contributed by atoms with Gasteiger partial charge in [-0.1, -0.05) is 69.4 Å². The highest BCUT2D eigenvalue weighted by Gasteiger charge is 2.52. The molecule has 0 radical (unpaired) electrons. The number of carbonyl (C=O) groups is 2. The molecule has 15 atom stereocenters. The summed E-state index contributed by atoms with van der Waals surface area (Å²) in [6.45, 7) is 3.91. The molecule has 3 aliphatic heterocycles. The Morgan fingerprint density at radius 1 is 0.741 bits per heavy atom. The van der Waals surface area contributed by atoms with Gasteiger partial charge in [0.15, 0.2) is 18.9 Å². The number of nitrogens with one attached hydrogen (secondary N) is 2. The average molecular weight is 771 g/mol. The van der Waals surface area contributed by atoms with Gasteiger partial charge >= 0.3 is 0 Å². The molecular formula is C37H58N2O15. The van der Waals surface area contributed by atoms with Gasteiger partial charge in [0.2, 0.25) is 11.8 Å². The predicted octanol–water partition coefficient (Wildman–Crippen LogP) is -1.18. The monoisotopic (exact) mass is 770 g/mol. The van der Waals surface area contributed by atoms with E-state index in [0.717, 1.165) is 37.7 Å². The Bertz CT molecular complexity index is 1310. The van der Waals surface area contributed by atoms with Crippen molar-refractivity contribution in [2.75, 3.05) is 19.8 Å². The van der Waals surface area contributed by atoms with Crippen molar-refractivity contribution in [3.63, 3.8) is 0 Å². The van der Waals surface area contributed by atoms with Crippen LogP contribution in [-0.2, 0) is 38.0 Å². The summed E-state index contributed by atoms with van der Waals surface area (Å²) in [6.07, 6.45) is -10.2. The first-order chi connectivity index (χ1) is 25.9. The molecule has 17 nitrogen and oxygen atoms in total. The first-order valence-corrected chi connectivity index (χ1v) is 18.7. The molecule has 0 aromatic heterocycles. The zero-order valence-corrected chi connectivity index (χ0v) is 31.0. The molecule has 3 fully saturated rings. The maximum atomic E-state index is 13.0. The number of amides is 2. The van der Waals surface area contributed by atoms with E-state index in [1.165, 1.54) is 13.0 Å². The lowest BCUT2D eigenvalue weighted by Gasteiger charge is -2.48. The summed E-state index contributed by atoms with van der Waals surface area (Å²) >= 11 is 0. The second-order valence-electron chi connectivity index (χ2n) is 14.0. The van der Waals surface area contributed by atoms with E-state index in [1.54, 1.807) is 25.1 Å². The first kappa shape index (κ1) is 44.1. The van der Waals surface area contributed by atoms with Crippen molar-refractivity contribution < 1.29 is 73.8 Å². The number of unbranched alkanes of at least 4 members (excludes halogenated alkanes) is 5. The topological polar surface area (TPSA) is 255 Å². The van der Waals surface area contributed by atoms with Crippen LogP contribution < -0.4 is 10.6 Å². The molecule has 17 heteroatoms. The molecule has 0 bridgehead atoms. The lowest BCUT2D eigenvalue weighted by molar-refractivity contribution is -0.352. The summed E-state index contributed by atoms with van der Waals surface area (Å²) in [5.74, 6) is -1.18. The molecule has 0 aliphatic carbocycles. The molecule has 0 saturated carbocycles. The van der Waals surface area contributed by atoms with Crippen molar-refractivity contribution in [1.82, 2.24) is 10.6 Å². The maximum Gasteiger partial charge on any atom is 0.244 e. The fourth-order valence-electron chi connectivity index (χ4n) is 6.65. The smallest absolute Gasteiger partial charge is 0.244 e. The van der Waals surface area contributed by atoms with Crippen LogP contribution in [0.4, 0.5) is 0 Å². The van der Waals surface area contributed by atoms with Crippen LogP contribution in [0.15, 0.2) is 36.4 Å². The normalized spacial score (nSPS) is 37.3. The van der Waals surface area contributed by atoms with Crippen LogP contribution in [0.1, 0.15) is 64.9 Å². The molecule has 2 amide bonds. The highest BCUT2D eigenvalue weighted by Crippen LogP contribution is 2.31. The minimum Gasteiger partial charge on any atom is -0.394 e. The van der Waals surface area contributed by atoms with Crippen LogP contribution in [-0.4, -0.2) is 159 Å². The van der Waals surface area contributed by atoms with E-state index in [0.29, 0.717) is 6.42 Å². The number of aliphatic hydroxyl groups excluding tert-OH is 7. The molecule has 9 N–H and O–H groups in total. The highest BCUT2D eigenvalue weighted by atomic mass is 16.8. The highest BCUT2D eigenvalue weighted by molar-refractivity contribution is 5.92.